The van der Waals surface area contributed by atoms with Crippen LogP contribution in [0.1, 0.15) is 72.1 Å². The van der Waals surface area contributed by atoms with Gasteiger partial charge in [-0.1, -0.05) is 26.2 Å². The molecule has 0 fully saturated rings. The van der Waals surface area contributed by atoms with E-state index in [9.17, 15) is 9.90 Å². The molecule has 0 radical (unpaired) electrons. The zero-order valence-corrected chi connectivity index (χ0v) is 12.8. The van der Waals surface area contributed by atoms with Crippen molar-refractivity contribution >= 4 is 5.97 Å². The van der Waals surface area contributed by atoms with Crippen molar-refractivity contribution in [1.29, 1.82) is 0 Å². The van der Waals surface area contributed by atoms with Gasteiger partial charge in [0.25, 0.3) is 0 Å². The molecular weight excluding hydrogens is 242 g/mol. The van der Waals surface area contributed by atoms with Gasteiger partial charge in [-0.3, -0.25) is 4.79 Å². The van der Waals surface area contributed by atoms with Gasteiger partial charge in [-0.15, -0.1) is 0 Å². The molecule has 0 aromatic rings. The van der Waals surface area contributed by atoms with E-state index in [1.54, 1.807) is 6.92 Å². The van der Waals surface area contributed by atoms with E-state index in [-0.39, 0.29) is 11.5 Å². The fourth-order valence-corrected chi connectivity index (χ4v) is 2.46. The lowest BCUT2D eigenvalue weighted by Crippen LogP contribution is -2.42. The summed E-state index contributed by atoms with van der Waals surface area (Å²) in [4.78, 5) is 11.3. The minimum Gasteiger partial charge on any atom is -0.466 e. The first kappa shape index (κ1) is 18.4. The average Bonchev–Trinajstić information content (AvgIpc) is 2.28. The molecule has 0 saturated heterocycles. The molecule has 114 valence electrons. The Kier molecular flexibility index (Phi) is 9.88. The lowest BCUT2D eigenvalue weighted by atomic mass is 9.83. The molecule has 0 rings (SSSR count). The van der Waals surface area contributed by atoms with Crippen LogP contribution in [0.2, 0.25) is 0 Å². The fourth-order valence-electron chi connectivity index (χ4n) is 2.46. The molecule has 4 heteroatoms. The Morgan fingerprint density at radius 2 is 1.89 bits per heavy atom. The molecule has 4 nitrogen and oxygen atoms in total. The van der Waals surface area contributed by atoms with Gasteiger partial charge in [-0.2, -0.15) is 0 Å². The number of rotatable bonds is 11. The zero-order chi connectivity index (χ0) is 14.7. The highest BCUT2D eigenvalue weighted by Crippen LogP contribution is 2.24. The van der Waals surface area contributed by atoms with Gasteiger partial charge in [-0.25, -0.2) is 0 Å². The van der Waals surface area contributed by atoms with Gasteiger partial charge in [0.2, 0.25) is 0 Å². The van der Waals surface area contributed by atoms with Gasteiger partial charge in [0.1, 0.15) is 0 Å². The summed E-state index contributed by atoms with van der Waals surface area (Å²) in [6.45, 7) is 6.17. The molecule has 0 saturated carbocycles. The number of aliphatic hydroxyl groups is 1. The monoisotopic (exact) mass is 273 g/mol. The van der Waals surface area contributed by atoms with Crippen LogP contribution in [-0.2, 0) is 9.53 Å². The minimum atomic E-state index is -0.394. The van der Waals surface area contributed by atoms with E-state index in [0.717, 1.165) is 38.5 Å². The first-order valence-electron chi connectivity index (χ1n) is 7.56. The first-order valence-corrected chi connectivity index (χ1v) is 7.56. The molecule has 0 aromatic heterocycles. The van der Waals surface area contributed by atoms with E-state index in [0.29, 0.717) is 19.4 Å². The topological polar surface area (TPSA) is 72.6 Å². The largest absolute Gasteiger partial charge is 0.466 e. The maximum Gasteiger partial charge on any atom is 0.305 e. The molecule has 0 aromatic carbocycles. The fraction of sp³-hybridized carbons (Fsp3) is 0.933. The third-order valence-corrected chi connectivity index (χ3v) is 3.34. The molecule has 0 amide bonds. The maximum atomic E-state index is 11.3. The quantitative estimate of drug-likeness (QED) is 0.448. The summed E-state index contributed by atoms with van der Waals surface area (Å²) in [6, 6.07) is 0. The summed E-state index contributed by atoms with van der Waals surface area (Å²) < 4.78 is 4.91. The molecule has 0 heterocycles. The van der Waals surface area contributed by atoms with Gasteiger partial charge in [-0.05, 0) is 39.5 Å². The van der Waals surface area contributed by atoms with E-state index >= 15 is 0 Å². The third kappa shape index (κ3) is 9.91. The van der Waals surface area contributed by atoms with Crippen molar-refractivity contribution in [2.75, 3.05) is 6.61 Å². The van der Waals surface area contributed by atoms with Crippen molar-refractivity contribution in [2.45, 2.75) is 83.8 Å². The maximum absolute atomic E-state index is 11.3. The Morgan fingerprint density at radius 3 is 2.42 bits per heavy atom. The number of esters is 1. The van der Waals surface area contributed by atoms with Crippen molar-refractivity contribution < 1.29 is 14.6 Å². The Hall–Kier alpha value is -0.610. The molecular formula is C15H31NO3. The number of ether oxygens (including phenoxy) is 1. The predicted octanol–water partition coefficient (Wildman–Crippen LogP) is 2.77. The minimum absolute atomic E-state index is 0.157. The molecule has 3 N–H and O–H groups in total. The molecule has 2 atom stereocenters. The van der Waals surface area contributed by atoms with Crippen LogP contribution in [-0.4, -0.2) is 29.3 Å². The van der Waals surface area contributed by atoms with Crippen LogP contribution < -0.4 is 5.73 Å². The second-order valence-corrected chi connectivity index (χ2v) is 5.53. The van der Waals surface area contributed by atoms with Crippen LogP contribution in [0.5, 0.6) is 0 Å². The number of unbranched alkanes of at least 4 members (excludes halogenated alkanes) is 2. The first-order chi connectivity index (χ1) is 8.93. The smallest absolute Gasteiger partial charge is 0.305 e. The number of hydrogen-bond donors (Lipinski definition) is 2. The van der Waals surface area contributed by atoms with Crippen LogP contribution >= 0.6 is 0 Å². The SMILES string of the molecule is CCCCC[C@@](N)(CCCC(=O)OCC)CC(C)O. The van der Waals surface area contributed by atoms with E-state index in [2.05, 4.69) is 6.92 Å². The molecule has 1 unspecified atom stereocenters. The summed E-state index contributed by atoms with van der Waals surface area (Å²) in [5.74, 6) is -0.157. The predicted molar refractivity (Wildman–Crippen MR) is 77.8 cm³/mol. The van der Waals surface area contributed by atoms with Crippen LogP contribution in [0.25, 0.3) is 0 Å². The Balaban J connectivity index is 4.14. The van der Waals surface area contributed by atoms with E-state index in [4.69, 9.17) is 10.5 Å². The highest BCUT2D eigenvalue weighted by molar-refractivity contribution is 5.69. The zero-order valence-electron chi connectivity index (χ0n) is 12.8. The number of aliphatic hydroxyl groups excluding tert-OH is 1. The average molecular weight is 273 g/mol. The van der Waals surface area contributed by atoms with Crippen molar-refractivity contribution in [1.82, 2.24) is 0 Å². The highest BCUT2D eigenvalue weighted by Gasteiger charge is 2.26. The molecule has 0 spiro atoms. The highest BCUT2D eigenvalue weighted by atomic mass is 16.5. The molecule has 19 heavy (non-hydrogen) atoms. The van der Waals surface area contributed by atoms with Crippen molar-refractivity contribution in [3.05, 3.63) is 0 Å². The second kappa shape index (κ2) is 10.2. The third-order valence-electron chi connectivity index (χ3n) is 3.34. The number of carbonyl (C=O) groups is 1. The Bertz CT molecular complexity index is 244. The summed E-state index contributed by atoms with van der Waals surface area (Å²) in [6.07, 6.45) is 6.43. The lowest BCUT2D eigenvalue weighted by molar-refractivity contribution is -0.143. The van der Waals surface area contributed by atoms with Gasteiger partial charge in [0, 0.05) is 12.0 Å². The number of nitrogens with two attached hydrogens (primary N) is 1. The summed E-state index contributed by atoms with van der Waals surface area (Å²) in [5.41, 5.74) is 6.04. The van der Waals surface area contributed by atoms with E-state index in [1.807, 2.05) is 6.92 Å². The van der Waals surface area contributed by atoms with Crippen LogP contribution in [0.4, 0.5) is 0 Å². The van der Waals surface area contributed by atoms with Gasteiger partial charge >= 0.3 is 5.97 Å². The molecule has 0 aliphatic carbocycles. The van der Waals surface area contributed by atoms with Crippen LogP contribution in [0.15, 0.2) is 0 Å². The summed E-state index contributed by atoms with van der Waals surface area (Å²) in [7, 11) is 0. The second-order valence-electron chi connectivity index (χ2n) is 5.53. The lowest BCUT2D eigenvalue weighted by Gasteiger charge is -2.31. The summed E-state index contributed by atoms with van der Waals surface area (Å²) >= 11 is 0. The summed E-state index contributed by atoms with van der Waals surface area (Å²) in [5, 5.41) is 9.57. The van der Waals surface area contributed by atoms with Gasteiger partial charge < -0.3 is 15.6 Å². The molecule has 0 aliphatic heterocycles. The number of hydrogen-bond acceptors (Lipinski definition) is 4. The van der Waals surface area contributed by atoms with Crippen molar-refractivity contribution in [3.8, 4) is 0 Å². The normalized spacial score (nSPS) is 15.8. The van der Waals surface area contributed by atoms with Crippen LogP contribution in [0, 0.1) is 0 Å². The van der Waals surface area contributed by atoms with Crippen molar-refractivity contribution in [2.24, 2.45) is 5.73 Å². The number of carbonyl (C=O) groups excluding carboxylic acids is 1. The van der Waals surface area contributed by atoms with E-state index in [1.165, 1.54) is 0 Å². The van der Waals surface area contributed by atoms with Crippen LogP contribution in [0.3, 0.4) is 0 Å². The standard InChI is InChI=1S/C15H31NO3/c1-4-6-7-10-15(16,12-13(3)17)11-8-9-14(18)19-5-2/h13,17H,4-12,16H2,1-3H3/t13?,15-/m1/s1. The Morgan fingerprint density at radius 1 is 1.26 bits per heavy atom. The van der Waals surface area contributed by atoms with Gasteiger partial charge in [0.05, 0.1) is 12.7 Å². The van der Waals surface area contributed by atoms with Crippen molar-refractivity contribution in [3.63, 3.8) is 0 Å². The Labute approximate surface area is 117 Å². The molecule has 0 bridgehead atoms. The molecule has 0 aliphatic rings. The van der Waals surface area contributed by atoms with Gasteiger partial charge in [0.15, 0.2) is 0 Å². The van der Waals surface area contributed by atoms with E-state index < -0.39 is 6.10 Å².